The Morgan fingerprint density at radius 3 is 2.46 bits per heavy atom. The van der Waals surface area contributed by atoms with Crippen LogP contribution in [0.3, 0.4) is 0 Å². The predicted molar refractivity (Wildman–Crippen MR) is 96.8 cm³/mol. The second-order valence-corrected chi connectivity index (χ2v) is 5.49. The third-order valence-electron chi connectivity index (χ3n) is 3.65. The van der Waals surface area contributed by atoms with Crippen LogP contribution in [-0.4, -0.2) is 21.5 Å². The Morgan fingerprint density at radius 2 is 1.62 bits per heavy atom. The lowest BCUT2D eigenvalue weighted by Crippen LogP contribution is -2.08. The summed E-state index contributed by atoms with van der Waals surface area (Å²) >= 11 is 0. The van der Waals surface area contributed by atoms with E-state index in [4.69, 9.17) is 0 Å². The number of benzene rings is 1. The molecule has 2 N–H and O–H groups in total. The van der Waals surface area contributed by atoms with Crippen LogP contribution in [0.25, 0.3) is 0 Å². The highest BCUT2D eigenvalue weighted by Gasteiger charge is 1.99. The zero-order valence-electron chi connectivity index (χ0n) is 13.5. The molecule has 2 heterocycles. The Hall–Kier alpha value is -2.95. The Kier molecular flexibility index (Phi) is 5.72. The number of aromatic nitrogens is 3. The fourth-order valence-electron chi connectivity index (χ4n) is 2.38. The topological polar surface area (TPSA) is 62.7 Å². The summed E-state index contributed by atoms with van der Waals surface area (Å²) in [5.41, 5.74) is 2.51. The zero-order valence-corrected chi connectivity index (χ0v) is 13.5. The number of aryl methyl sites for hydroxylation is 1. The van der Waals surface area contributed by atoms with Gasteiger partial charge in [-0.2, -0.15) is 4.98 Å². The smallest absolute Gasteiger partial charge is 0.224 e. The van der Waals surface area contributed by atoms with Crippen molar-refractivity contribution in [3.63, 3.8) is 0 Å². The molecule has 0 aliphatic carbocycles. The number of hydrogen-bond donors (Lipinski definition) is 2. The molecule has 0 spiro atoms. The average Bonchev–Trinajstić information content (AvgIpc) is 2.66. The fraction of sp³-hybridized carbons (Fsp3) is 0.211. The van der Waals surface area contributed by atoms with Gasteiger partial charge in [0.15, 0.2) is 0 Å². The van der Waals surface area contributed by atoms with E-state index < -0.39 is 0 Å². The minimum absolute atomic E-state index is 0.625. The molecule has 5 heteroatoms. The van der Waals surface area contributed by atoms with Gasteiger partial charge in [0, 0.05) is 31.7 Å². The Balaban J connectivity index is 1.45. The van der Waals surface area contributed by atoms with Crippen LogP contribution in [0.5, 0.6) is 0 Å². The summed E-state index contributed by atoms with van der Waals surface area (Å²) in [7, 11) is 0. The van der Waals surface area contributed by atoms with E-state index in [1.807, 2.05) is 24.3 Å². The largest absolute Gasteiger partial charge is 0.370 e. The molecule has 1 aromatic carbocycles. The molecule has 0 aliphatic rings. The first-order chi connectivity index (χ1) is 11.9. The van der Waals surface area contributed by atoms with Crippen molar-refractivity contribution in [3.8, 4) is 0 Å². The summed E-state index contributed by atoms with van der Waals surface area (Å²) in [4.78, 5) is 12.7. The molecular weight excluding hydrogens is 298 g/mol. The van der Waals surface area contributed by atoms with Gasteiger partial charge in [-0.1, -0.05) is 30.3 Å². The van der Waals surface area contributed by atoms with Gasteiger partial charge in [-0.05, 0) is 42.2 Å². The highest BCUT2D eigenvalue weighted by atomic mass is 15.1. The van der Waals surface area contributed by atoms with Gasteiger partial charge in [-0.3, -0.25) is 4.98 Å². The van der Waals surface area contributed by atoms with Gasteiger partial charge in [0.25, 0.3) is 0 Å². The second kappa shape index (κ2) is 8.62. The lowest BCUT2D eigenvalue weighted by molar-refractivity contribution is 0.857. The molecular formula is C19H21N5. The maximum atomic E-state index is 4.48. The second-order valence-electron chi connectivity index (χ2n) is 5.49. The first-order valence-corrected chi connectivity index (χ1v) is 8.14. The molecule has 0 bridgehead atoms. The van der Waals surface area contributed by atoms with E-state index in [0.29, 0.717) is 12.5 Å². The maximum Gasteiger partial charge on any atom is 0.224 e. The van der Waals surface area contributed by atoms with Gasteiger partial charge in [0.2, 0.25) is 5.95 Å². The molecule has 0 saturated heterocycles. The van der Waals surface area contributed by atoms with E-state index in [0.717, 1.165) is 30.8 Å². The van der Waals surface area contributed by atoms with Crippen molar-refractivity contribution >= 4 is 11.8 Å². The molecule has 5 nitrogen and oxygen atoms in total. The standard InChI is InChI=1S/C19H21N5/c1-2-5-16(6-3-1)7-4-11-21-18-10-14-22-19(24-18)23-15-17-8-12-20-13-9-17/h1-3,5-6,8-10,12-14H,4,7,11,15H2,(H2,21,22,23,24). The highest BCUT2D eigenvalue weighted by molar-refractivity contribution is 5.39. The predicted octanol–water partition coefficient (Wildman–Crippen LogP) is 3.53. The van der Waals surface area contributed by atoms with Crippen LogP contribution in [0.4, 0.5) is 11.8 Å². The van der Waals surface area contributed by atoms with Crippen molar-refractivity contribution in [3.05, 3.63) is 78.2 Å². The molecule has 0 radical (unpaired) electrons. The maximum absolute atomic E-state index is 4.48. The van der Waals surface area contributed by atoms with Gasteiger partial charge in [0.1, 0.15) is 5.82 Å². The van der Waals surface area contributed by atoms with Gasteiger partial charge in [-0.25, -0.2) is 4.98 Å². The van der Waals surface area contributed by atoms with E-state index in [2.05, 4.69) is 49.9 Å². The van der Waals surface area contributed by atoms with Gasteiger partial charge < -0.3 is 10.6 Å². The zero-order chi connectivity index (χ0) is 16.5. The number of pyridine rings is 1. The first kappa shape index (κ1) is 15.9. The normalized spacial score (nSPS) is 10.3. The van der Waals surface area contributed by atoms with E-state index in [-0.39, 0.29) is 0 Å². The van der Waals surface area contributed by atoms with Crippen molar-refractivity contribution in [2.75, 3.05) is 17.2 Å². The average molecular weight is 319 g/mol. The van der Waals surface area contributed by atoms with E-state index in [1.165, 1.54) is 5.56 Å². The summed E-state index contributed by atoms with van der Waals surface area (Å²) in [5, 5.41) is 6.58. The van der Waals surface area contributed by atoms with Crippen LogP contribution in [0.1, 0.15) is 17.5 Å². The van der Waals surface area contributed by atoms with Crippen molar-refractivity contribution < 1.29 is 0 Å². The third kappa shape index (κ3) is 5.05. The van der Waals surface area contributed by atoms with E-state index in [9.17, 15) is 0 Å². The van der Waals surface area contributed by atoms with Crippen LogP contribution in [0.15, 0.2) is 67.1 Å². The van der Waals surface area contributed by atoms with E-state index in [1.54, 1.807) is 18.6 Å². The van der Waals surface area contributed by atoms with Gasteiger partial charge >= 0.3 is 0 Å². The Bertz CT molecular complexity index is 731. The third-order valence-corrected chi connectivity index (χ3v) is 3.65. The number of nitrogens with zero attached hydrogens (tertiary/aromatic N) is 3. The summed E-state index contributed by atoms with van der Waals surface area (Å²) < 4.78 is 0. The number of rotatable bonds is 8. The molecule has 0 amide bonds. The SMILES string of the molecule is c1ccc(CCCNc2ccnc(NCc3ccncc3)n2)cc1. The van der Waals surface area contributed by atoms with Crippen LogP contribution in [-0.2, 0) is 13.0 Å². The van der Waals surface area contributed by atoms with Crippen molar-refractivity contribution in [1.82, 2.24) is 15.0 Å². The molecule has 3 rings (SSSR count). The fourth-order valence-corrected chi connectivity index (χ4v) is 2.38. The lowest BCUT2D eigenvalue weighted by Gasteiger charge is -2.08. The minimum atomic E-state index is 0.625. The van der Waals surface area contributed by atoms with Crippen LogP contribution < -0.4 is 10.6 Å². The Morgan fingerprint density at radius 1 is 0.792 bits per heavy atom. The molecule has 0 aliphatic heterocycles. The quantitative estimate of drug-likeness (QED) is 0.622. The number of nitrogens with one attached hydrogen (secondary N) is 2. The summed E-state index contributed by atoms with van der Waals surface area (Å²) in [6.07, 6.45) is 7.45. The van der Waals surface area contributed by atoms with Crippen LogP contribution in [0.2, 0.25) is 0 Å². The number of anilines is 2. The molecule has 3 aromatic rings. The van der Waals surface area contributed by atoms with Crippen molar-refractivity contribution in [2.45, 2.75) is 19.4 Å². The van der Waals surface area contributed by atoms with Crippen LogP contribution in [0, 0.1) is 0 Å². The summed E-state index contributed by atoms with van der Waals surface area (Å²) in [6, 6.07) is 16.3. The molecule has 2 aromatic heterocycles. The van der Waals surface area contributed by atoms with Crippen molar-refractivity contribution in [2.24, 2.45) is 0 Å². The molecule has 24 heavy (non-hydrogen) atoms. The Labute approximate surface area is 142 Å². The summed E-state index contributed by atoms with van der Waals surface area (Å²) in [5.74, 6) is 1.47. The molecule has 0 unspecified atom stereocenters. The summed E-state index contributed by atoms with van der Waals surface area (Å²) in [6.45, 7) is 1.57. The van der Waals surface area contributed by atoms with Gasteiger partial charge in [-0.15, -0.1) is 0 Å². The van der Waals surface area contributed by atoms with E-state index >= 15 is 0 Å². The molecule has 0 atom stereocenters. The van der Waals surface area contributed by atoms with Crippen LogP contribution >= 0.6 is 0 Å². The molecule has 0 saturated carbocycles. The molecule has 0 fully saturated rings. The number of hydrogen-bond acceptors (Lipinski definition) is 5. The highest BCUT2D eigenvalue weighted by Crippen LogP contribution is 2.08. The lowest BCUT2D eigenvalue weighted by atomic mass is 10.1. The first-order valence-electron chi connectivity index (χ1n) is 8.14. The molecule has 122 valence electrons. The monoisotopic (exact) mass is 319 g/mol. The van der Waals surface area contributed by atoms with Gasteiger partial charge in [0.05, 0.1) is 0 Å². The minimum Gasteiger partial charge on any atom is -0.370 e. The van der Waals surface area contributed by atoms with Crippen molar-refractivity contribution in [1.29, 1.82) is 0 Å².